The molecule has 0 unspecified atom stereocenters. The lowest BCUT2D eigenvalue weighted by atomic mass is 10.2. The van der Waals surface area contributed by atoms with Crippen LogP contribution < -0.4 is 4.74 Å². The van der Waals surface area contributed by atoms with Crippen molar-refractivity contribution in [3.05, 3.63) is 18.1 Å². The zero-order chi connectivity index (χ0) is 11.6. The number of hydrogen-bond donors (Lipinski definition) is 0. The van der Waals surface area contributed by atoms with Crippen molar-refractivity contribution in [1.29, 1.82) is 5.26 Å². The van der Waals surface area contributed by atoms with Gasteiger partial charge in [0.2, 0.25) is 5.69 Å². The average molecular weight is 219 g/mol. The molecule has 0 N–H and O–H groups in total. The maximum Gasteiger partial charge on any atom is 0.251 e. The Morgan fingerprint density at radius 1 is 1.19 bits per heavy atom. The monoisotopic (exact) mass is 219 g/mol. The molecule has 0 saturated carbocycles. The Hall–Kier alpha value is -1.63. The van der Waals surface area contributed by atoms with Gasteiger partial charge in [0.05, 0.1) is 6.61 Å². The molecule has 86 valence electrons. The van der Waals surface area contributed by atoms with Crippen LogP contribution in [0.5, 0.6) is 5.88 Å². The van der Waals surface area contributed by atoms with E-state index in [0.29, 0.717) is 12.5 Å². The van der Waals surface area contributed by atoms with Crippen LogP contribution >= 0.6 is 0 Å². The first-order valence-corrected chi connectivity index (χ1v) is 5.72. The summed E-state index contributed by atoms with van der Waals surface area (Å²) in [7, 11) is 0. The number of nitriles is 1. The first-order valence-electron chi connectivity index (χ1n) is 5.72. The quantitative estimate of drug-likeness (QED) is 0.661. The molecule has 1 aromatic heterocycles. The third-order valence-electron chi connectivity index (χ3n) is 2.26. The molecule has 0 aromatic carbocycles. The predicted molar refractivity (Wildman–Crippen MR) is 61.0 cm³/mol. The van der Waals surface area contributed by atoms with Crippen molar-refractivity contribution in [2.75, 3.05) is 6.61 Å². The maximum absolute atomic E-state index is 8.76. The summed E-state index contributed by atoms with van der Waals surface area (Å²) in [5.41, 5.74) is 0.260. The number of nitrogens with zero attached hydrogens (tertiary/aromatic N) is 3. The van der Waals surface area contributed by atoms with E-state index in [4.69, 9.17) is 10.00 Å². The SMILES string of the molecule is CCCCCCCOc1nccnc1C#N. The first kappa shape index (κ1) is 12.4. The lowest BCUT2D eigenvalue weighted by Crippen LogP contribution is -2.02. The van der Waals surface area contributed by atoms with Gasteiger partial charge in [-0.05, 0) is 6.42 Å². The third-order valence-corrected chi connectivity index (χ3v) is 2.26. The number of hydrogen-bond acceptors (Lipinski definition) is 4. The van der Waals surface area contributed by atoms with Crippen LogP contribution in [0.25, 0.3) is 0 Å². The summed E-state index contributed by atoms with van der Waals surface area (Å²) in [6.07, 6.45) is 8.95. The number of ether oxygens (including phenoxy) is 1. The van der Waals surface area contributed by atoms with Gasteiger partial charge in [0.15, 0.2) is 0 Å². The van der Waals surface area contributed by atoms with E-state index in [0.717, 1.165) is 12.8 Å². The van der Waals surface area contributed by atoms with Gasteiger partial charge < -0.3 is 4.74 Å². The Bertz CT molecular complexity index is 346. The molecular formula is C12H17N3O. The average Bonchev–Trinajstić information content (AvgIpc) is 2.34. The molecule has 4 heteroatoms. The molecule has 16 heavy (non-hydrogen) atoms. The molecule has 0 radical (unpaired) electrons. The largest absolute Gasteiger partial charge is 0.476 e. The van der Waals surface area contributed by atoms with E-state index < -0.39 is 0 Å². The Kier molecular flexibility index (Phi) is 5.94. The number of rotatable bonds is 7. The van der Waals surface area contributed by atoms with Crippen LogP contribution in [-0.4, -0.2) is 16.6 Å². The Morgan fingerprint density at radius 3 is 2.69 bits per heavy atom. The van der Waals surface area contributed by atoms with Crippen LogP contribution in [0.2, 0.25) is 0 Å². The van der Waals surface area contributed by atoms with E-state index in [1.807, 2.05) is 6.07 Å². The third kappa shape index (κ3) is 4.26. The minimum Gasteiger partial charge on any atom is -0.476 e. The van der Waals surface area contributed by atoms with E-state index in [-0.39, 0.29) is 5.69 Å². The molecule has 0 aliphatic heterocycles. The van der Waals surface area contributed by atoms with Gasteiger partial charge in [-0.2, -0.15) is 5.26 Å². The molecule has 0 atom stereocenters. The standard InChI is InChI=1S/C12H17N3O/c1-2-3-4-5-6-9-16-12-11(10-13)14-7-8-15-12/h7-8H,2-6,9H2,1H3. The zero-order valence-corrected chi connectivity index (χ0v) is 9.65. The van der Waals surface area contributed by atoms with E-state index in [2.05, 4.69) is 16.9 Å². The van der Waals surface area contributed by atoms with Gasteiger partial charge in [0.25, 0.3) is 5.88 Å². The van der Waals surface area contributed by atoms with Crippen LogP contribution in [0.4, 0.5) is 0 Å². The van der Waals surface area contributed by atoms with Crippen molar-refractivity contribution in [3.63, 3.8) is 0 Å². The normalized spacial score (nSPS) is 9.75. The van der Waals surface area contributed by atoms with Crippen LogP contribution in [0.15, 0.2) is 12.4 Å². The van der Waals surface area contributed by atoms with E-state index in [1.165, 1.54) is 31.7 Å². The summed E-state index contributed by atoms with van der Waals surface area (Å²) < 4.78 is 5.41. The lowest BCUT2D eigenvalue weighted by molar-refractivity contribution is 0.291. The molecule has 0 fully saturated rings. The van der Waals surface area contributed by atoms with Crippen LogP contribution in [0.1, 0.15) is 44.7 Å². The molecule has 1 aromatic rings. The fourth-order valence-corrected chi connectivity index (χ4v) is 1.38. The summed E-state index contributed by atoms with van der Waals surface area (Å²) >= 11 is 0. The lowest BCUT2D eigenvalue weighted by Gasteiger charge is -2.05. The van der Waals surface area contributed by atoms with Crippen LogP contribution in [-0.2, 0) is 0 Å². The molecule has 0 bridgehead atoms. The fraction of sp³-hybridized carbons (Fsp3) is 0.583. The molecule has 0 amide bonds. The number of aromatic nitrogens is 2. The van der Waals surface area contributed by atoms with Gasteiger partial charge in [-0.3, -0.25) is 0 Å². The molecule has 0 aliphatic carbocycles. The summed E-state index contributed by atoms with van der Waals surface area (Å²) in [4.78, 5) is 7.85. The van der Waals surface area contributed by atoms with Crippen molar-refractivity contribution in [1.82, 2.24) is 9.97 Å². The van der Waals surface area contributed by atoms with Gasteiger partial charge >= 0.3 is 0 Å². The molecular weight excluding hydrogens is 202 g/mol. The topological polar surface area (TPSA) is 58.8 Å². The second-order valence-corrected chi connectivity index (χ2v) is 3.58. The molecule has 1 heterocycles. The number of unbranched alkanes of at least 4 members (excludes halogenated alkanes) is 4. The fourth-order valence-electron chi connectivity index (χ4n) is 1.38. The second-order valence-electron chi connectivity index (χ2n) is 3.58. The smallest absolute Gasteiger partial charge is 0.251 e. The minimum absolute atomic E-state index is 0.260. The van der Waals surface area contributed by atoms with Crippen molar-refractivity contribution < 1.29 is 4.74 Å². The van der Waals surface area contributed by atoms with Crippen molar-refractivity contribution in [2.45, 2.75) is 39.0 Å². The molecule has 4 nitrogen and oxygen atoms in total. The van der Waals surface area contributed by atoms with Gasteiger partial charge in [-0.25, -0.2) is 9.97 Å². The molecule has 0 aliphatic rings. The van der Waals surface area contributed by atoms with E-state index in [1.54, 1.807) is 0 Å². The summed E-state index contributed by atoms with van der Waals surface area (Å²) in [5.74, 6) is 0.348. The van der Waals surface area contributed by atoms with Crippen LogP contribution in [0.3, 0.4) is 0 Å². The van der Waals surface area contributed by atoms with E-state index >= 15 is 0 Å². The van der Waals surface area contributed by atoms with Crippen molar-refractivity contribution in [3.8, 4) is 11.9 Å². The van der Waals surface area contributed by atoms with Gasteiger partial charge in [-0.15, -0.1) is 0 Å². The highest BCUT2D eigenvalue weighted by molar-refractivity contribution is 5.29. The van der Waals surface area contributed by atoms with Crippen molar-refractivity contribution >= 4 is 0 Å². The summed E-state index contributed by atoms with van der Waals surface area (Å²) in [6, 6.07) is 1.96. The zero-order valence-electron chi connectivity index (χ0n) is 9.65. The Balaban J connectivity index is 2.24. The van der Waals surface area contributed by atoms with Crippen LogP contribution in [0, 0.1) is 11.3 Å². The Labute approximate surface area is 96.3 Å². The maximum atomic E-state index is 8.76. The molecule has 0 spiro atoms. The predicted octanol–water partition coefficient (Wildman–Crippen LogP) is 2.70. The van der Waals surface area contributed by atoms with Gasteiger partial charge in [-0.1, -0.05) is 32.6 Å². The first-order chi connectivity index (χ1) is 7.88. The second kappa shape index (κ2) is 7.63. The highest BCUT2D eigenvalue weighted by Gasteiger charge is 2.04. The minimum atomic E-state index is 0.260. The summed E-state index contributed by atoms with van der Waals surface area (Å²) in [5, 5.41) is 8.76. The van der Waals surface area contributed by atoms with Crippen molar-refractivity contribution in [2.24, 2.45) is 0 Å². The Morgan fingerprint density at radius 2 is 1.94 bits per heavy atom. The molecule has 0 saturated heterocycles. The van der Waals surface area contributed by atoms with Gasteiger partial charge in [0.1, 0.15) is 6.07 Å². The molecule has 1 rings (SSSR count). The summed E-state index contributed by atoms with van der Waals surface area (Å²) in [6.45, 7) is 2.80. The van der Waals surface area contributed by atoms with E-state index in [9.17, 15) is 0 Å². The van der Waals surface area contributed by atoms with Gasteiger partial charge in [0, 0.05) is 12.4 Å². The highest BCUT2D eigenvalue weighted by Crippen LogP contribution is 2.10. The highest BCUT2D eigenvalue weighted by atomic mass is 16.5.